The van der Waals surface area contributed by atoms with Crippen LogP contribution in [0.1, 0.15) is 33.9 Å². The second kappa shape index (κ2) is 6.94. The summed E-state index contributed by atoms with van der Waals surface area (Å²) in [6, 6.07) is 2.58. The van der Waals surface area contributed by atoms with Crippen LogP contribution in [0.3, 0.4) is 0 Å². The van der Waals surface area contributed by atoms with Crippen molar-refractivity contribution in [1.29, 1.82) is 0 Å². The predicted octanol–water partition coefficient (Wildman–Crippen LogP) is 4.77. The zero-order valence-corrected chi connectivity index (χ0v) is 14.6. The molecule has 0 atom stereocenters. The van der Waals surface area contributed by atoms with E-state index in [1.54, 1.807) is 0 Å². The molecule has 150 valence electrons. The van der Waals surface area contributed by atoms with Crippen LogP contribution < -0.4 is 5.32 Å². The maximum absolute atomic E-state index is 13.6. The summed E-state index contributed by atoms with van der Waals surface area (Å²) in [6.07, 6.45) is -0.549. The molecule has 0 aromatic carbocycles. The van der Waals surface area contributed by atoms with E-state index in [1.807, 2.05) is 0 Å². The van der Waals surface area contributed by atoms with Crippen molar-refractivity contribution in [2.24, 2.45) is 0 Å². The van der Waals surface area contributed by atoms with Gasteiger partial charge in [0, 0.05) is 29.3 Å². The number of carbonyl (C=O) groups excluding carboxylic acids is 1. The van der Waals surface area contributed by atoms with Crippen molar-refractivity contribution < 1.29 is 31.2 Å². The number of aromatic nitrogens is 2. The molecule has 3 aromatic rings. The Bertz CT molecular complexity index is 1070. The molecule has 0 saturated carbocycles. The van der Waals surface area contributed by atoms with Gasteiger partial charge in [-0.2, -0.15) is 13.2 Å². The second-order valence-corrected chi connectivity index (χ2v) is 6.42. The van der Waals surface area contributed by atoms with E-state index in [4.69, 9.17) is 4.42 Å². The van der Waals surface area contributed by atoms with Gasteiger partial charge in [-0.25, -0.2) is 13.8 Å². The van der Waals surface area contributed by atoms with Crippen molar-refractivity contribution in [2.75, 3.05) is 5.32 Å². The lowest BCUT2D eigenvalue weighted by atomic mass is 10.0. The van der Waals surface area contributed by atoms with Gasteiger partial charge in [0.05, 0.1) is 12.4 Å². The highest BCUT2D eigenvalue weighted by Gasteiger charge is 2.41. The number of rotatable bonds is 3. The molecular formula is C19H12F5N3O2. The number of pyridine rings is 2. The molecule has 0 unspecified atom stereocenters. The number of hydrogen-bond acceptors (Lipinski definition) is 4. The lowest BCUT2D eigenvalue weighted by molar-refractivity contribution is -0.152. The molecule has 3 aromatic heterocycles. The predicted molar refractivity (Wildman–Crippen MR) is 91.1 cm³/mol. The number of amides is 1. The monoisotopic (exact) mass is 409 g/mol. The molecule has 29 heavy (non-hydrogen) atoms. The highest BCUT2D eigenvalue weighted by molar-refractivity contribution is 6.04. The maximum atomic E-state index is 13.6. The molecule has 1 aliphatic carbocycles. The molecule has 0 aliphatic heterocycles. The normalized spacial score (nSPS) is 13.4. The van der Waals surface area contributed by atoms with E-state index in [9.17, 15) is 26.7 Å². The van der Waals surface area contributed by atoms with E-state index in [0.717, 1.165) is 6.20 Å². The summed E-state index contributed by atoms with van der Waals surface area (Å²) in [7, 11) is 0. The summed E-state index contributed by atoms with van der Waals surface area (Å²) in [5.41, 5.74) is -0.236. The van der Waals surface area contributed by atoms with Crippen LogP contribution in [0.4, 0.5) is 27.8 Å². The number of alkyl halides is 3. The first kappa shape index (κ1) is 19.0. The lowest BCUT2D eigenvalue weighted by Crippen LogP contribution is -2.17. The number of aryl methyl sites for hydroxylation is 1. The summed E-state index contributed by atoms with van der Waals surface area (Å²) in [6.45, 7) is 0. The second-order valence-electron chi connectivity index (χ2n) is 6.42. The number of carbonyl (C=O) groups is 1. The van der Waals surface area contributed by atoms with E-state index in [1.165, 1.54) is 12.1 Å². The number of fused-ring (bicyclic) bond motifs is 1. The molecule has 1 N–H and O–H groups in total. The third kappa shape index (κ3) is 3.45. The van der Waals surface area contributed by atoms with Crippen LogP contribution >= 0.6 is 0 Å². The highest BCUT2D eigenvalue weighted by Crippen LogP contribution is 2.44. The smallest absolute Gasteiger partial charge is 0.450 e. The van der Waals surface area contributed by atoms with Crippen LogP contribution in [-0.2, 0) is 19.0 Å². The van der Waals surface area contributed by atoms with Crippen LogP contribution in [-0.4, -0.2) is 15.9 Å². The Hall–Kier alpha value is -3.30. The van der Waals surface area contributed by atoms with Crippen molar-refractivity contribution in [3.05, 3.63) is 65.0 Å². The first-order valence-electron chi connectivity index (χ1n) is 8.54. The van der Waals surface area contributed by atoms with Gasteiger partial charge >= 0.3 is 6.18 Å². The fourth-order valence-electron chi connectivity index (χ4n) is 3.33. The average Bonchev–Trinajstić information content (AvgIpc) is 3.23. The quantitative estimate of drug-likeness (QED) is 0.633. The van der Waals surface area contributed by atoms with Crippen molar-refractivity contribution >= 4 is 11.7 Å². The minimum atomic E-state index is -4.66. The van der Waals surface area contributed by atoms with Gasteiger partial charge in [0.2, 0.25) is 5.76 Å². The minimum Gasteiger partial charge on any atom is -0.456 e. The lowest BCUT2D eigenvalue weighted by Gasteiger charge is -2.10. The molecule has 3 heterocycles. The molecule has 10 heteroatoms. The molecule has 4 rings (SSSR count). The third-order valence-electron chi connectivity index (χ3n) is 4.55. The Morgan fingerprint density at radius 2 is 1.79 bits per heavy atom. The average molecular weight is 409 g/mol. The van der Waals surface area contributed by atoms with E-state index in [0.29, 0.717) is 43.0 Å². The Morgan fingerprint density at radius 1 is 1.07 bits per heavy atom. The van der Waals surface area contributed by atoms with Crippen molar-refractivity contribution in [3.8, 4) is 11.1 Å². The van der Waals surface area contributed by atoms with Gasteiger partial charge in [-0.1, -0.05) is 0 Å². The van der Waals surface area contributed by atoms with Gasteiger partial charge in [-0.05, 0) is 25.0 Å². The first-order valence-corrected chi connectivity index (χ1v) is 8.54. The maximum Gasteiger partial charge on any atom is 0.450 e. The Kier molecular flexibility index (Phi) is 4.56. The summed E-state index contributed by atoms with van der Waals surface area (Å²) in [5.74, 6) is -4.24. The summed E-state index contributed by atoms with van der Waals surface area (Å²) >= 11 is 0. The molecule has 0 spiro atoms. The summed E-state index contributed by atoms with van der Waals surface area (Å²) < 4.78 is 72.4. The molecular weight excluding hydrogens is 397 g/mol. The number of furan rings is 1. The minimum absolute atomic E-state index is 0.0680. The zero-order valence-electron chi connectivity index (χ0n) is 14.6. The Labute approximate surface area is 160 Å². The standard InChI is InChI=1S/C19H12F5N3O2/c20-11-7-25-8-12(21)16(11)18(28)27-14-5-4-9(6-26-14)15-10-2-1-3-13(10)29-17(15)19(22,23)24/h4-8H,1-3H2,(H,26,27,28). The molecule has 0 saturated heterocycles. The van der Waals surface area contributed by atoms with Gasteiger partial charge in [-0.15, -0.1) is 0 Å². The fraction of sp³-hybridized carbons (Fsp3) is 0.211. The Morgan fingerprint density at radius 3 is 2.41 bits per heavy atom. The van der Waals surface area contributed by atoms with Crippen LogP contribution in [0.15, 0.2) is 35.1 Å². The zero-order chi connectivity index (χ0) is 20.8. The molecule has 1 amide bonds. The Balaban J connectivity index is 1.64. The largest absolute Gasteiger partial charge is 0.456 e. The van der Waals surface area contributed by atoms with Gasteiger partial charge < -0.3 is 9.73 Å². The van der Waals surface area contributed by atoms with E-state index >= 15 is 0 Å². The van der Waals surface area contributed by atoms with Crippen molar-refractivity contribution in [2.45, 2.75) is 25.4 Å². The van der Waals surface area contributed by atoms with E-state index in [-0.39, 0.29) is 16.9 Å². The highest BCUT2D eigenvalue weighted by atomic mass is 19.4. The molecule has 0 fully saturated rings. The summed E-state index contributed by atoms with van der Waals surface area (Å²) in [5, 5.41) is 2.21. The van der Waals surface area contributed by atoms with Crippen LogP contribution in [0.25, 0.3) is 11.1 Å². The molecule has 5 nitrogen and oxygen atoms in total. The number of hydrogen-bond donors (Lipinski definition) is 1. The van der Waals surface area contributed by atoms with Crippen molar-refractivity contribution in [3.63, 3.8) is 0 Å². The third-order valence-corrected chi connectivity index (χ3v) is 4.55. The fourth-order valence-corrected chi connectivity index (χ4v) is 3.33. The first-order chi connectivity index (χ1) is 13.8. The van der Waals surface area contributed by atoms with Crippen molar-refractivity contribution in [1.82, 2.24) is 9.97 Å². The van der Waals surface area contributed by atoms with Crippen LogP contribution in [0, 0.1) is 11.6 Å². The summed E-state index contributed by atoms with van der Waals surface area (Å²) in [4.78, 5) is 19.3. The van der Waals surface area contributed by atoms with E-state index < -0.39 is 35.0 Å². The topological polar surface area (TPSA) is 68.0 Å². The van der Waals surface area contributed by atoms with Gasteiger partial charge in [0.15, 0.2) is 11.6 Å². The van der Waals surface area contributed by atoms with Gasteiger partial charge in [-0.3, -0.25) is 9.78 Å². The molecule has 0 bridgehead atoms. The number of nitrogens with one attached hydrogen (secondary N) is 1. The SMILES string of the molecule is O=C(Nc1ccc(-c2c(C(F)(F)F)oc3c2CCC3)cn1)c1c(F)cncc1F. The van der Waals surface area contributed by atoms with Gasteiger partial charge in [0.1, 0.15) is 17.1 Å². The van der Waals surface area contributed by atoms with Crippen LogP contribution in [0.2, 0.25) is 0 Å². The van der Waals surface area contributed by atoms with E-state index in [2.05, 4.69) is 15.3 Å². The number of nitrogens with zero attached hydrogens (tertiary/aromatic N) is 2. The van der Waals surface area contributed by atoms with Crippen LogP contribution in [0.5, 0.6) is 0 Å². The molecule has 0 radical (unpaired) electrons. The van der Waals surface area contributed by atoms with Gasteiger partial charge in [0.25, 0.3) is 5.91 Å². The number of anilines is 1. The number of halogens is 5. The molecule has 1 aliphatic rings.